The number of aliphatic hydroxyl groups excluding tert-OH is 1. The molecule has 2 nitrogen and oxygen atoms in total. The Morgan fingerprint density at radius 2 is 1.10 bits per heavy atom. The van der Waals surface area contributed by atoms with Crippen molar-refractivity contribution in [3.05, 3.63) is 0 Å². The molecular weight excluding hydrogens is 126 g/mol. The van der Waals surface area contributed by atoms with E-state index in [2.05, 4.69) is 27.8 Å². The van der Waals surface area contributed by atoms with Crippen LogP contribution >= 0.6 is 0 Å². The van der Waals surface area contributed by atoms with Crippen molar-refractivity contribution in [2.24, 2.45) is 0 Å². The second-order valence-electron chi connectivity index (χ2n) is 2.57. The lowest BCUT2D eigenvalue weighted by Crippen LogP contribution is -2.42. The molecule has 0 atom stereocenters. The van der Waals surface area contributed by atoms with E-state index < -0.39 is 0 Å². The van der Waals surface area contributed by atoms with E-state index >= 15 is 0 Å². The summed E-state index contributed by atoms with van der Waals surface area (Å²) in [5.74, 6) is 0. The molecule has 0 aliphatic rings. The van der Waals surface area contributed by atoms with Crippen LogP contribution in [0.3, 0.4) is 0 Å². The molecule has 0 radical (unpaired) electrons. The average molecular weight is 148 g/mol. The molecule has 1 N–H and O–H groups in total. The largest absolute Gasteiger partial charge is 0.400 e. The van der Waals surface area contributed by atoms with Crippen molar-refractivity contribution in [2.75, 3.05) is 33.8 Å². The van der Waals surface area contributed by atoms with Gasteiger partial charge in [-0.3, -0.25) is 0 Å². The Morgan fingerprint density at radius 3 is 1.10 bits per heavy atom. The van der Waals surface area contributed by atoms with Crippen molar-refractivity contribution in [3.63, 3.8) is 0 Å². The number of hydrogen-bond donors (Lipinski definition) is 1. The highest BCUT2D eigenvalue weighted by Gasteiger charge is 2.10. The van der Waals surface area contributed by atoms with Gasteiger partial charge in [0.25, 0.3) is 0 Å². The zero-order valence-electron chi connectivity index (χ0n) is 8.02. The number of quaternary nitrogens is 1. The molecule has 0 fully saturated rings. The first kappa shape index (κ1) is 12.6. The van der Waals surface area contributed by atoms with E-state index in [4.69, 9.17) is 5.11 Å². The molecule has 0 aliphatic carbocycles. The van der Waals surface area contributed by atoms with Crippen molar-refractivity contribution >= 4 is 0 Å². The molecule has 0 amide bonds. The van der Waals surface area contributed by atoms with Gasteiger partial charge in [0, 0.05) is 7.11 Å². The summed E-state index contributed by atoms with van der Waals surface area (Å²) in [5, 5.41) is 7.00. The van der Waals surface area contributed by atoms with Crippen LogP contribution in [0.25, 0.3) is 0 Å². The van der Waals surface area contributed by atoms with Crippen LogP contribution in [0.4, 0.5) is 0 Å². The van der Waals surface area contributed by atoms with Gasteiger partial charge in [0.1, 0.15) is 0 Å². The summed E-state index contributed by atoms with van der Waals surface area (Å²) in [6, 6.07) is 0. The molecule has 0 heterocycles. The standard InChI is InChI=1S/C7H18N.CH4O/c1-5-8(4,6-2)7-3;1-2/h5-7H2,1-4H3;2H,1H3/q+1;. The van der Waals surface area contributed by atoms with Crippen LogP contribution in [0, 0.1) is 0 Å². The van der Waals surface area contributed by atoms with Crippen molar-refractivity contribution in [1.82, 2.24) is 0 Å². The molecule has 0 aliphatic heterocycles. The van der Waals surface area contributed by atoms with E-state index in [0.717, 1.165) is 7.11 Å². The predicted molar refractivity (Wildman–Crippen MR) is 46.0 cm³/mol. The fourth-order valence-corrected chi connectivity index (χ4v) is 0.671. The van der Waals surface area contributed by atoms with Gasteiger partial charge in [-0.1, -0.05) is 0 Å². The minimum Gasteiger partial charge on any atom is -0.400 e. The Balaban J connectivity index is 0. The molecule has 0 aromatic heterocycles. The monoisotopic (exact) mass is 148 g/mol. The van der Waals surface area contributed by atoms with Gasteiger partial charge in [-0.2, -0.15) is 0 Å². The summed E-state index contributed by atoms with van der Waals surface area (Å²) in [6.45, 7) is 10.5. The molecule has 10 heavy (non-hydrogen) atoms. The van der Waals surface area contributed by atoms with Crippen LogP contribution in [0.2, 0.25) is 0 Å². The van der Waals surface area contributed by atoms with Crippen molar-refractivity contribution in [1.29, 1.82) is 0 Å². The number of rotatable bonds is 3. The van der Waals surface area contributed by atoms with E-state index in [9.17, 15) is 0 Å². The second-order valence-corrected chi connectivity index (χ2v) is 2.57. The smallest absolute Gasteiger partial charge is 0.0755 e. The highest BCUT2D eigenvalue weighted by Crippen LogP contribution is 1.97. The maximum Gasteiger partial charge on any atom is 0.0755 e. The molecule has 0 unspecified atom stereocenters. The minimum atomic E-state index is 1.00. The predicted octanol–water partition coefficient (Wildman–Crippen LogP) is 1.10. The zero-order chi connectivity index (χ0) is 8.62. The fraction of sp³-hybridized carbons (Fsp3) is 1.00. The van der Waals surface area contributed by atoms with E-state index in [1.165, 1.54) is 24.1 Å². The fourth-order valence-electron chi connectivity index (χ4n) is 0.671. The van der Waals surface area contributed by atoms with Crippen LogP contribution < -0.4 is 0 Å². The van der Waals surface area contributed by atoms with Gasteiger partial charge in [-0.25, -0.2) is 0 Å². The van der Waals surface area contributed by atoms with Gasteiger partial charge in [-0.05, 0) is 20.8 Å². The highest BCUT2D eigenvalue weighted by atomic mass is 16.2. The van der Waals surface area contributed by atoms with Gasteiger partial charge in [0.2, 0.25) is 0 Å². The molecule has 64 valence electrons. The first-order chi connectivity index (χ1) is 4.68. The van der Waals surface area contributed by atoms with Gasteiger partial charge < -0.3 is 9.59 Å². The first-order valence-electron chi connectivity index (χ1n) is 3.96. The van der Waals surface area contributed by atoms with E-state index in [-0.39, 0.29) is 0 Å². The summed E-state index contributed by atoms with van der Waals surface area (Å²) >= 11 is 0. The molecule has 0 aromatic carbocycles. The van der Waals surface area contributed by atoms with Gasteiger partial charge in [-0.15, -0.1) is 0 Å². The van der Waals surface area contributed by atoms with Crippen molar-refractivity contribution in [3.8, 4) is 0 Å². The van der Waals surface area contributed by atoms with Crippen molar-refractivity contribution < 1.29 is 9.59 Å². The average Bonchev–Trinajstić information content (AvgIpc) is 2.07. The van der Waals surface area contributed by atoms with Gasteiger partial charge >= 0.3 is 0 Å². The van der Waals surface area contributed by atoms with E-state index in [1.807, 2.05) is 0 Å². The topological polar surface area (TPSA) is 20.2 Å². The lowest BCUT2D eigenvalue weighted by atomic mass is 10.4. The van der Waals surface area contributed by atoms with Crippen LogP contribution in [0.5, 0.6) is 0 Å². The Bertz CT molecular complexity index is 52.0. The molecule has 0 saturated heterocycles. The lowest BCUT2D eigenvalue weighted by Gasteiger charge is -2.30. The molecule has 0 saturated carbocycles. The molecule has 0 bridgehead atoms. The van der Waals surface area contributed by atoms with Gasteiger partial charge in [0.05, 0.1) is 26.7 Å². The van der Waals surface area contributed by atoms with E-state index in [0.29, 0.717) is 0 Å². The Labute approximate surface area is 65.1 Å². The summed E-state index contributed by atoms with van der Waals surface area (Å²) in [5.41, 5.74) is 0. The van der Waals surface area contributed by atoms with Crippen LogP contribution in [-0.2, 0) is 0 Å². The normalized spacial score (nSPS) is 10.2. The SMILES string of the molecule is CC[N+](C)(CC)CC.CO. The summed E-state index contributed by atoms with van der Waals surface area (Å²) in [6.07, 6.45) is 0. The first-order valence-corrected chi connectivity index (χ1v) is 3.96. The summed E-state index contributed by atoms with van der Waals surface area (Å²) < 4.78 is 1.21. The maximum absolute atomic E-state index is 7.00. The third-order valence-electron chi connectivity index (χ3n) is 2.29. The molecular formula is C8H22NO+. The van der Waals surface area contributed by atoms with Crippen LogP contribution in [-0.4, -0.2) is 43.4 Å². The summed E-state index contributed by atoms with van der Waals surface area (Å²) in [4.78, 5) is 0. The Kier molecular flexibility index (Phi) is 8.85. The highest BCUT2D eigenvalue weighted by molar-refractivity contribution is 4.24. The molecule has 0 spiro atoms. The zero-order valence-corrected chi connectivity index (χ0v) is 8.02. The third kappa shape index (κ3) is 4.77. The minimum absolute atomic E-state index is 1.00. The quantitative estimate of drug-likeness (QED) is 0.594. The molecule has 0 rings (SSSR count). The molecule has 0 aromatic rings. The lowest BCUT2D eigenvalue weighted by molar-refractivity contribution is -0.904. The number of hydrogen-bond acceptors (Lipinski definition) is 1. The number of nitrogens with zero attached hydrogens (tertiary/aromatic N) is 1. The summed E-state index contributed by atoms with van der Waals surface area (Å²) in [7, 11) is 3.29. The Hall–Kier alpha value is -0.0800. The Morgan fingerprint density at radius 1 is 0.900 bits per heavy atom. The van der Waals surface area contributed by atoms with E-state index in [1.54, 1.807) is 0 Å². The third-order valence-corrected chi connectivity index (χ3v) is 2.29. The van der Waals surface area contributed by atoms with Crippen LogP contribution in [0.15, 0.2) is 0 Å². The van der Waals surface area contributed by atoms with Crippen LogP contribution in [0.1, 0.15) is 20.8 Å². The maximum atomic E-state index is 7.00. The molecule has 2 heteroatoms. The second kappa shape index (κ2) is 7.03. The number of aliphatic hydroxyl groups is 1. The van der Waals surface area contributed by atoms with Gasteiger partial charge in [0.15, 0.2) is 0 Å². The van der Waals surface area contributed by atoms with Crippen molar-refractivity contribution in [2.45, 2.75) is 20.8 Å².